The fourth-order valence-electron chi connectivity index (χ4n) is 1.47. The van der Waals surface area contributed by atoms with E-state index in [2.05, 4.69) is 0 Å². The molecule has 0 bridgehead atoms. The zero-order valence-corrected chi connectivity index (χ0v) is 8.86. The predicted molar refractivity (Wildman–Crippen MR) is 56.6 cm³/mol. The third kappa shape index (κ3) is 2.34. The van der Waals surface area contributed by atoms with Crippen LogP contribution in [0, 0.1) is 5.92 Å². The first kappa shape index (κ1) is 10.8. The van der Waals surface area contributed by atoms with Crippen molar-refractivity contribution in [3.63, 3.8) is 0 Å². The van der Waals surface area contributed by atoms with Crippen LogP contribution in [0.3, 0.4) is 0 Å². The van der Waals surface area contributed by atoms with Crippen molar-refractivity contribution >= 4 is 6.29 Å². The van der Waals surface area contributed by atoms with Crippen LogP contribution in [0.2, 0.25) is 0 Å². The molecule has 0 heterocycles. The lowest BCUT2D eigenvalue weighted by atomic mass is 9.90. The summed E-state index contributed by atoms with van der Waals surface area (Å²) in [7, 11) is 1.63. The Morgan fingerprint density at radius 3 is 2.57 bits per heavy atom. The van der Waals surface area contributed by atoms with Gasteiger partial charge in [0.2, 0.25) is 0 Å². The van der Waals surface area contributed by atoms with Gasteiger partial charge in [-0.3, -0.25) is 0 Å². The van der Waals surface area contributed by atoms with Crippen LogP contribution < -0.4 is 4.74 Å². The minimum absolute atomic E-state index is 0.0369. The van der Waals surface area contributed by atoms with Crippen LogP contribution >= 0.6 is 0 Å². The third-order valence-electron chi connectivity index (χ3n) is 2.34. The molecule has 1 aromatic rings. The van der Waals surface area contributed by atoms with E-state index in [1.165, 1.54) is 0 Å². The number of carbonyl (C=O) groups excluding carboxylic acids is 1. The first-order valence-electron chi connectivity index (χ1n) is 4.78. The summed E-state index contributed by atoms with van der Waals surface area (Å²) in [4.78, 5) is 10.9. The average Bonchev–Trinajstić information content (AvgIpc) is 2.19. The van der Waals surface area contributed by atoms with Crippen LogP contribution in [0.5, 0.6) is 5.75 Å². The van der Waals surface area contributed by atoms with Gasteiger partial charge in [-0.1, -0.05) is 26.0 Å². The molecule has 0 aromatic heterocycles. The maximum Gasteiger partial charge on any atom is 0.127 e. The van der Waals surface area contributed by atoms with Gasteiger partial charge >= 0.3 is 0 Å². The largest absolute Gasteiger partial charge is 0.497 e. The normalized spacial score (nSPS) is 12.6. The minimum Gasteiger partial charge on any atom is -0.497 e. The highest BCUT2D eigenvalue weighted by Gasteiger charge is 2.14. The summed E-state index contributed by atoms with van der Waals surface area (Å²) in [5, 5.41) is 0. The van der Waals surface area contributed by atoms with Crippen molar-refractivity contribution in [2.24, 2.45) is 5.92 Å². The summed E-state index contributed by atoms with van der Waals surface area (Å²) in [6.45, 7) is 4.08. The predicted octanol–water partition coefficient (Wildman–Crippen LogP) is 2.63. The van der Waals surface area contributed by atoms with Gasteiger partial charge < -0.3 is 9.53 Å². The minimum atomic E-state index is -0.0369. The molecule has 0 saturated carbocycles. The monoisotopic (exact) mass is 192 g/mol. The van der Waals surface area contributed by atoms with E-state index >= 15 is 0 Å². The smallest absolute Gasteiger partial charge is 0.127 e. The fraction of sp³-hybridized carbons (Fsp3) is 0.417. The molecule has 0 aliphatic carbocycles. The molecule has 76 valence electrons. The van der Waals surface area contributed by atoms with E-state index in [0.29, 0.717) is 5.92 Å². The van der Waals surface area contributed by atoms with Crippen molar-refractivity contribution in [2.75, 3.05) is 7.11 Å². The van der Waals surface area contributed by atoms with Crippen molar-refractivity contribution in [1.82, 2.24) is 0 Å². The van der Waals surface area contributed by atoms with Crippen LogP contribution in [-0.4, -0.2) is 13.4 Å². The molecule has 1 atom stereocenters. The molecular formula is C12H16O2. The summed E-state index contributed by atoms with van der Waals surface area (Å²) >= 11 is 0. The average molecular weight is 192 g/mol. The molecule has 0 amide bonds. The Labute approximate surface area is 84.9 Å². The zero-order chi connectivity index (χ0) is 10.6. The van der Waals surface area contributed by atoms with Crippen molar-refractivity contribution in [2.45, 2.75) is 19.8 Å². The van der Waals surface area contributed by atoms with Crippen molar-refractivity contribution in [3.05, 3.63) is 29.8 Å². The highest BCUT2D eigenvalue weighted by Crippen LogP contribution is 2.25. The second-order valence-corrected chi connectivity index (χ2v) is 3.68. The van der Waals surface area contributed by atoms with E-state index in [1.54, 1.807) is 7.11 Å². The standard InChI is InChI=1S/C12H16O2/c1-9(2)12(8-13)10-5-4-6-11(7-10)14-3/h4-9,12H,1-3H3/t12-/m0/s1. The fourth-order valence-corrected chi connectivity index (χ4v) is 1.47. The van der Waals surface area contributed by atoms with E-state index in [1.807, 2.05) is 38.1 Å². The molecule has 0 aliphatic heterocycles. The molecule has 14 heavy (non-hydrogen) atoms. The van der Waals surface area contributed by atoms with Gasteiger partial charge in [-0.2, -0.15) is 0 Å². The van der Waals surface area contributed by atoms with Gasteiger partial charge in [-0.25, -0.2) is 0 Å². The molecule has 0 radical (unpaired) electrons. The van der Waals surface area contributed by atoms with Crippen molar-refractivity contribution in [1.29, 1.82) is 0 Å². The number of hydrogen-bond acceptors (Lipinski definition) is 2. The van der Waals surface area contributed by atoms with Gasteiger partial charge in [0, 0.05) is 5.92 Å². The van der Waals surface area contributed by atoms with E-state index in [9.17, 15) is 4.79 Å². The van der Waals surface area contributed by atoms with Crippen LogP contribution in [0.15, 0.2) is 24.3 Å². The zero-order valence-electron chi connectivity index (χ0n) is 8.86. The van der Waals surface area contributed by atoms with Gasteiger partial charge in [0.25, 0.3) is 0 Å². The third-order valence-corrected chi connectivity index (χ3v) is 2.34. The van der Waals surface area contributed by atoms with Gasteiger partial charge in [-0.05, 0) is 23.6 Å². The molecule has 1 rings (SSSR count). The van der Waals surface area contributed by atoms with E-state index in [4.69, 9.17) is 4.74 Å². The summed E-state index contributed by atoms with van der Waals surface area (Å²) in [5.74, 6) is 1.08. The summed E-state index contributed by atoms with van der Waals surface area (Å²) in [6.07, 6.45) is 0.999. The molecule has 2 nitrogen and oxygen atoms in total. The molecule has 2 heteroatoms. The Bertz CT molecular complexity index is 305. The Hall–Kier alpha value is -1.31. The lowest BCUT2D eigenvalue weighted by molar-refractivity contribution is -0.109. The Morgan fingerprint density at radius 1 is 1.36 bits per heavy atom. The number of methoxy groups -OCH3 is 1. The number of rotatable bonds is 4. The topological polar surface area (TPSA) is 26.3 Å². The molecule has 1 aromatic carbocycles. The van der Waals surface area contributed by atoms with Crippen LogP contribution in [0.4, 0.5) is 0 Å². The molecule has 0 aliphatic rings. The van der Waals surface area contributed by atoms with Gasteiger partial charge in [0.1, 0.15) is 12.0 Å². The number of aldehydes is 1. The maximum absolute atomic E-state index is 10.9. The second kappa shape index (κ2) is 4.80. The number of benzene rings is 1. The number of carbonyl (C=O) groups is 1. The highest BCUT2D eigenvalue weighted by atomic mass is 16.5. The van der Waals surface area contributed by atoms with Gasteiger partial charge in [0.15, 0.2) is 0 Å². The number of ether oxygens (including phenoxy) is 1. The van der Waals surface area contributed by atoms with Gasteiger partial charge in [0.05, 0.1) is 7.11 Å². The summed E-state index contributed by atoms with van der Waals surface area (Å²) in [6, 6.07) is 7.67. The second-order valence-electron chi connectivity index (χ2n) is 3.68. The maximum atomic E-state index is 10.9. The van der Waals surface area contributed by atoms with E-state index in [0.717, 1.165) is 17.6 Å². The quantitative estimate of drug-likeness (QED) is 0.685. The SMILES string of the molecule is COc1cccc([C@@H](C=O)C(C)C)c1. The van der Waals surface area contributed by atoms with Crippen molar-refractivity contribution < 1.29 is 9.53 Å². The van der Waals surface area contributed by atoms with E-state index in [-0.39, 0.29) is 5.92 Å². The lowest BCUT2D eigenvalue weighted by Crippen LogP contribution is -2.07. The van der Waals surface area contributed by atoms with E-state index < -0.39 is 0 Å². The molecule has 0 saturated heterocycles. The van der Waals surface area contributed by atoms with Gasteiger partial charge in [-0.15, -0.1) is 0 Å². The van der Waals surface area contributed by atoms with Crippen LogP contribution in [-0.2, 0) is 4.79 Å². The molecule has 0 spiro atoms. The van der Waals surface area contributed by atoms with Crippen LogP contribution in [0.1, 0.15) is 25.3 Å². The molecule has 0 unspecified atom stereocenters. The first-order valence-corrected chi connectivity index (χ1v) is 4.78. The summed E-state index contributed by atoms with van der Waals surface area (Å²) < 4.78 is 5.11. The summed E-state index contributed by atoms with van der Waals surface area (Å²) in [5.41, 5.74) is 1.02. The lowest BCUT2D eigenvalue weighted by Gasteiger charge is -2.15. The molecule has 0 N–H and O–H groups in total. The Balaban J connectivity index is 2.98. The highest BCUT2D eigenvalue weighted by molar-refractivity contribution is 5.63. The Kier molecular flexibility index (Phi) is 3.69. The van der Waals surface area contributed by atoms with Crippen LogP contribution in [0.25, 0.3) is 0 Å². The molecule has 0 fully saturated rings. The number of hydrogen-bond donors (Lipinski definition) is 0. The van der Waals surface area contributed by atoms with Crippen molar-refractivity contribution in [3.8, 4) is 5.75 Å². The first-order chi connectivity index (χ1) is 6.69. The Morgan fingerprint density at radius 2 is 2.07 bits per heavy atom. The molecular weight excluding hydrogens is 176 g/mol.